The Balaban J connectivity index is 1.97. The molecule has 2 aromatic rings. The molecule has 1 heterocycles. The summed E-state index contributed by atoms with van der Waals surface area (Å²) < 4.78 is 41.8. The van der Waals surface area contributed by atoms with Gasteiger partial charge in [0.25, 0.3) is 0 Å². The maximum Gasteiger partial charge on any atom is 0.163 e. The highest BCUT2D eigenvalue weighted by Gasteiger charge is 2.34. The molecule has 0 bridgehead atoms. The van der Waals surface area contributed by atoms with Crippen molar-refractivity contribution in [2.45, 2.75) is 18.7 Å². The summed E-state index contributed by atoms with van der Waals surface area (Å²) in [6.07, 6.45) is -0.458. The molecule has 0 spiro atoms. The van der Waals surface area contributed by atoms with Crippen molar-refractivity contribution in [3.63, 3.8) is 0 Å². The number of aliphatic hydroxyl groups is 1. The highest BCUT2D eigenvalue weighted by atomic mass is 19.1. The van der Waals surface area contributed by atoms with E-state index in [0.29, 0.717) is 48.3 Å². The summed E-state index contributed by atoms with van der Waals surface area (Å²) in [5, 5.41) is 9.92. The molecule has 0 aromatic heterocycles. The van der Waals surface area contributed by atoms with Crippen molar-refractivity contribution < 1.29 is 33.2 Å². The maximum atomic E-state index is 14.8. The Kier molecular flexibility index (Phi) is 7.36. The van der Waals surface area contributed by atoms with Crippen LogP contribution in [0, 0.1) is 5.82 Å². The Bertz CT molecular complexity index is 862. The minimum Gasteiger partial charge on any atom is -0.493 e. The smallest absolute Gasteiger partial charge is 0.163 e. The molecule has 0 aliphatic carbocycles. The zero-order valence-electron chi connectivity index (χ0n) is 17.7. The van der Waals surface area contributed by atoms with E-state index in [4.69, 9.17) is 23.7 Å². The molecule has 0 amide bonds. The second kappa shape index (κ2) is 9.97. The maximum absolute atomic E-state index is 14.8. The number of ether oxygens (including phenoxy) is 5. The molecule has 7 nitrogen and oxygen atoms in total. The first-order chi connectivity index (χ1) is 14.6. The normalized spacial score (nSPS) is 19.4. The fraction of sp³-hybridized carbons (Fsp3) is 0.455. The molecule has 2 atom stereocenters. The van der Waals surface area contributed by atoms with Crippen LogP contribution in [0.2, 0.25) is 0 Å². The predicted molar refractivity (Wildman–Crippen MR) is 109 cm³/mol. The Morgan fingerprint density at radius 3 is 2.23 bits per heavy atom. The molecule has 3 rings (SSSR count). The molecule has 1 N–H and O–H groups in total. The van der Waals surface area contributed by atoms with Crippen LogP contribution in [0.3, 0.4) is 0 Å². The van der Waals surface area contributed by atoms with Crippen molar-refractivity contribution >= 4 is 0 Å². The van der Waals surface area contributed by atoms with Gasteiger partial charge in [0.05, 0.1) is 47.7 Å². The molecule has 30 heavy (non-hydrogen) atoms. The first-order valence-corrected chi connectivity index (χ1v) is 9.65. The van der Waals surface area contributed by atoms with Crippen LogP contribution in [-0.2, 0) is 11.3 Å². The molecule has 0 radical (unpaired) electrons. The van der Waals surface area contributed by atoms with Gasteiger partial charge in [0.1, 0.15) is 11.9 Å². The monoisotopic (exact) mass is 421 g/mol. The van der Waals surface area contributed by atoms with Gasteiger partial charge in [0.2, 0.25) is 0 Å². The molecule has 2 aromatic carbocycles. The lowest BCUT2D eigenvalue weighted by atomic mass is 9.97. The third-order valence-corrected chi connectivity index (χ3v) is 5.31. The number of rotatable bonds is 8. The number of methoxy groups -OCH3 is 4. The van der Waals surface area contributed by atoms with Gasteiger partial charge in [-0.05, 0) is 23.8 Å². The van der Waals surface area contributed by atoms with Crippen LogP contribution in [-0.4, -0.2) is 64.3 Å². The zero-order chi connectivity index (χ0) is 21.7. The molecule has 8 heteroatoms. The van der Waals surface area contributed by atoms with Crippen molar-refractivity contribution in [3.05, 3.63) is 47.3 Å². The van der Waals surface area contributed by atoms with E-state index in [2.05, 4.69) is 4.90 Å². The van der Waals surface area contributed by atoms with E-state index in [9.17, 15) is 9.50 Å². The molecule has 1 fully saturated rings. The van der Waals surface area contributed by atoms with Gasteiger partial charge in [-0.25, -0.2) is 4.39 Å². The lowest BCUT2D eigenvalue weighted by Gasteiger charge is -2.41. The van der Waals surface area contributed by atoms with Gasteiger partial charge in [-0.3, -0.25) is 4.90 Å². The molecule has 164 valence electrons. The molecule has 0 saturated carbocycles. The lowest BCUT2D eigenvalue weighted by molar-refractivity contribution is -0.0963. The second-order valence-electron chi connectivity index (χ2n) is 6.92. The minimum absolute atomic E-state index is 0.163. The van der Waals surface area contributed by atoms with Gasteiger partial charge < -0.3 is 28.8 Å². The standard InChI is InChI=1S/C22H28FNO6/c1-26-17-6-5-14(9-18(17)27-2)22-21(13-25)30-8-7-24(22)12-15-10-19(28-3)20(29-4)11-16(15)23/h5-6,9-11,21-22,25H,7-8,12-13H2,1-4H3/t21-,22-/m1/s1. The second-order valence-corrected chi connectivity index (χ2v) is 6.92. The summed E-state index contributed by atoms with van der Waals surface area (Å²) >= 11 is 0. The van der Waals surface area contributed by atoms with Crippen molar-refractivity contribution in [1.29, 1.82) is 0 Å². The number of morpholine rings is 1. The van der Waals surface area contributed by atoms with Gasteiger partial charge >= 0.3 is 0 Å². The Morgan fingerprint density at radius 1 is 0.967 bits per heavy atom. The van der Waals surface area contributed by atoms with Gasteiger partial charge in [0, 0.05) is 24.7 Å². The van der Waals surface area contributed by atoms with Gasteiger partial charge in [-0.15, -0.1) is 0 Å². The van der Waals surface area contributed by atoms with Crippen molar-refractivity contribution in [2.24, 2.45) is 0 Å². The summed E-state index contributed by atoms with van der Waals surface area (Å²) in [6, 6.07) is 8.25. The highest BCUT2D eigenvalue weighted by Crippen LogP contribution is 2.37. The summed E-state index contributed by atoms with van der Waals surface area (Å²) in [5.41, 5.74) is 1.35. The van der Waals surface area contributed by atoms with E-state index in [0.717, 1.165) is 5.56 Å². The zero-order valence-corrected chi connectivity index (χ0v) is 17.7. The number of aliphatic hydroxyl groups excluding tert-OH is 1. The SMILES string of the molecule is COc1ccc([C@@H]2[C@@H](CO)OCCN2Cc2cc(OC)c(OC)cc2F)cc1OC. The Hall–Kier alpha value is -2.55. The van der Waals surface area contributed by atoms with Gasteiger partial charge in [-0.2, -0.15) is 0 Å². The van der Waals surface area contributed by atoms with E-state index < -0.39 is 6.10 Å². The van der Waals surface area contributed by atoms with Crippen molar-refractivity contribution in [3.8, 4) is 23.0 Å². The Morgan fingerprint density at radius 2 is 1.60 bits per heavy atom. The number of hydrogen-bond acceptors (Lipinski definition) is 7. The summed E-state index contributed by atoms with van der Waals surface area (Å²) in [4.78, 5) is 2.08. The van der Waals surface area contributed by atoms with Crippen molar-refractivity contribution in [2.75, 3.05) is 48.2 Å². The fourth-order valence-electron chi connectivity index (χ4n) is 3.82. The van der Waals surface area contributed by atoms with Crippen LogP contribution >= 0.6 is 0 Å². The third-order valence-electron chi connectivity index (χ3n) is 5.31. The third kappa shape index (κ3) is 4.45. The average molecular weight is 421 g/mol. The molecular weight excluding hydrogens is 393 g/mol. The summed E-state index contributed by atoms with van der Waals surface area (Å²) in [6.45, 7) is 1.15. The fourth-order valence-corrected chi connectivity index (χ4v) is 3.82. The molecule has 1 aliphatic heterocycles. The van der Waals surface area contributed by atoms with Crippen LogP contribution in [0.1, 0.15) is 17.2 Å². The van der Waals surface area contributed by atoms with E-state index in [-0.39, 0.29) is 18.5 Å². The van der Waals surface area contributed by atoms with Crippen LogP contribution < -0.4 is 18.9 Å². The number of benzene rings is 2. The molecule has 1 aliphatic rings. The molecule has 1 saturated heterocycles. The number of halogens is 1. The number of nitrogens with zero attached hydrogens (tertiary/aromatic N) is 1. The van der Waals surface area contributed by atoms with Crippen LogP contribution in [0.5, 0.6) is 23.0 Å². The predicted octanol–water partition coefficient (Wildman–Crippen LogP) is 2.79. The van der Waals surface area contributed by atoms with Gasteiger partial charge in [0.15, 0.2) is 23.0 Å². The van der Waals surface area contributed by atoms with Crippen LogP contribution in [0.15, 0.2) is 30.3 Å². The Labute approximate surface area is 175 Å². The minimum atomic E-state index is -0.458. The topological polar surface area (TPSA) is 69.6 Å². The summed E-state index contributed by atoms with van der Waals surface area (Å²) in [5.74, 6) is 1.60. The largest absolute Gasteiger partial charge is 0.493 e. The highest BCUT2D eigenvalue weighted by molar-refractivity contribution is 5.45. The van der Waals surface area contributed by atoms with E-state index in [1.54, 1.807) is 20.3 Å². The lowest BCUT2D eigenvalue weighted by Crippen LogP contribution is -2.46. The van der Waals surface area contributed by atoms with Crippen molar-refractivity contribution in [1.82, 2.24) is 4.90 Å². The van der Waals surface area contributed by atoms with E-state index in [1.807, 2.05) is 18.2 Å². The van der Waals surface area contributed by atoms with Crippen LogP contribution in [0.25, 0.3) is 0 Å². The number of hydrogen-bond donors (Lipinski definition) is 1. The average Bonchev–Trinajstić information content (AvgIpc) is 2.79. The van der Waals surface area contributed by atoms with Crippen LogP contribution in [0.4, 0.5) is 4.39 Å². The first-order valence-electron chi connectivity index (χ1n) is 9.65. The quantitative estimate of drug-likeness (QED) is 0.703. The molecular formula is C22H28FNO6. The van der Waals surface area contributed by atoms with E-state index >= 15 is 0 Å². The first kappa shape index (κ1) is 22.1. The summed E-state index contributed by atoms with van der Waals surface area (Å²) in [7, 11) is 6.13. The van der Waals surface area contributed by atoms with E-state index in [1.165, 1.54) is 20.3 Å². The van der Waals surface area contributed by atoms with Gasteiger partial charge in [-0.1, -0.05) is 6.07 Å². The molecule has 0 unspecified atom stereocenters.